The van der Waals surface area contributed by atoms with Crippen molar-refractivity contribution in [2.45, 2.75) is 31.4 Å². The summed E-state index contributed by atoms with van der Waals surface area (Å²) in [5.41, 5.74) is 0.714. The molecule has 2 aromatic rings. The van der Waals surface area contributed by atoms with Crippen LogP contribution in [0.4, 0.5) is 0 Å². The minimum atomic E-state index is 0.0840. The normalized spacial score (nSPS) is 19.7. The number of ether oxygens (including phenoxy) is 2. The molecule has 1 unspecified atom stereocenters. The highest BCUT2D eigenvalue weighted by Crippen LogP contribution is 2.31. The maximum Gasteiger partial charge on any atom is 0.253 e. The van der Waals surface area contributed by atoms with Gasteiger partial charge in [0.2, 0.25) is 0 Å². The molecule has 0 saturated carbocycles. The monoisotopic (exact) mass is 367 g/mol. The van der Waals surface area contributed by atoms with E-state index in [9.17, 15) is 4.79 Å². The number of carbonyl (C=O) groups excluding carboxylic acids is 1. The van der Waals surface area contributed by atoms with E-state index in [1.807, 2.05) is 29.2 Å². The third-order valence-electron chi connectivity index (χ3n) is 5.18. The minimum Gasteiger partial charge on any atom is -0.486 e. The fraction of sp³-hybridized carbons (Fsp3) is 0.429. The minimum absolute atomic E-state index is 0.0840. The van der Waals surface area contributed by atoms with Gasteiger partial charge >= 0.3 is 0 Å². The van der Waals surface area contributed by atoms with Crippen LogP contribution in [0, 0.1) is 0 Å². The van der Waals surface area contributed by atoms with Crippen LogP contribution in [-0.2, 0) is 0 Å². The predicted molar refractivity (Wildman–Crippen MR) is 102 cm³/mol. The molecule has 3 heterocycles. The number of nitrogens with one attached hydrogen (secondary N) is 1. The van der Waals surface area contributed by atoms with Crippen molar-refractivity contribution in [3.05, 3.63) is 54.4 Å². The number of hydrogen-bond donors (Lipinski definition) is 1. The average molecular weight is 367 g/mol. The lowest BCUT2D eigenvalue weighted by Gasteiger charge is -2.33. The average Bonchev–Trinajstić information content (AvgIpc) is 2.74. The number of piperidine rings is 1. The summed E-state index contributed by atoms with van der Waals surface area (Å²) in [7, 11) is 0. The van der Waals surface area contributed by atoms with Crippen LogP contribution >= 0.6 is 0 Å². The first-order valence-corrected chi connectivity index (χ1v) is 9.61. The third-order valence-corrected chi connectivity index (χ3v) is 5.18. The number of nitrogens with zero attached hydrogens (tertiary/aromatic N) is 2. The molecule has 27 heavy (non-hydrogen) atoms. The summed E-state index contributed by atoms with van der Waals surface area (Å²) in [6.45, 7) is 3.06. The van der Waals surface area contributed by atoms with Crippen molar-refractivity contribution in [2.75, 3.05) is 26.2 Å². The van der Waals surface area contributed by atoms with E-state index in [4.69, 9.17) is 9.47 Å². The van der Waals surface area contributed by atoms with Crippen molar-refractivity contribution in [1.29, 1.82) is 0 Å². The van der Waals surface area contributed by atoms with E-state index in [2.05, 4.69) is 10.3 Å². The van der Waals surface area contributed by atoms with E-state index in [0.29, 0.717) is 18.2 Å². The predicted octanol–water partition coefficient (Wildman–Crippen LogP) is 2.51. The lowest BCUT2D eigenvalue weighted by Crippen LogP contribution is -2.45. The van der Waals surface area contributed by atoms with Crippen molar-refractivity contribution in [2.24, 2.45) is 0 Å². The highest BCUT2D eigenvalue weighted by molar-refractivity contribution is 5.94. The first-order valence-electron chi connectivity index (χ1n) is 9.61. The summed E-state index contributed by atoms with van der Waals surface area (Å²) in [5.74, 6) is 1.76. The van der Waals surface area contributed by atoms with Crippen LogP contribution < -0.4 is 14.8 Å². The van der Waals surface area contributed by atoms with Crippen LogP contribution in [0.2, 0.25) is 0 Å². The molecule has 6 nitrogen and oxygen atoms in total. The van der Waals surface area contributed by atoms with E-state index in [0.717, 1.165) is 50.4 Å². The maximum atomic E-state index is 12.5. The van der Waals surface area contributed by atoms with Crippen molar-refractivity contribution < 1.29 is 14.3 Å². The van der Waals surface area contributed by atoms with Crippen molar-refractivity contribution in [1.82, 2.24) is 15.2 Å². The summed E-state index contributed by atoms with van der Waals surface area (Å²) in [6, 6.07) is 11.8. The first-order chi connectivity index (χ1) is 13.3. The largest absolute Gasteiger partial charge is 0.486 e. The summed E-state index contributed by atoms with van der Waals surface area (Å²) < 4.78 is 11.8. The highest BCUT2D eigenvalue weighted by Gasteiger charge is 2.24. The number of carbonyl (C=O) groups is 1. The molecule has 1 saturated heterocycles. The van der Waals surface area contributed by atoms with Gasteiger partial charge in [-0.15, -0.1) is 0 Å². The van der Waals surface area contributed by atoms with Gasteiger partial charge < -0.3 is 19.7 Å². The molecule has 0 radical (unpaired) electrons. The van der Waals surface area contributed by atoms with Crippen LogP contribution in [0.1, 0.15) is 29.6 Å². The molecule has 4 rings (SSSR count). The van der Waals surface area contributed by atoms with Gasteiger partial charge in [-0.05, 0) is 43.7 Å². The van der Waals surface area contributed by atoms with E-state index in [-0.39, 0.29) is 12.0 Å². The Kier molecular flexibility index (Phi) is 5.53. The Labute approximate surface area is 159 Å². The highest BCUT2D eigenvalue weighted by atomic mass is 16.6. The molecule has 142 valence electrons. The maximum absolute atomic E-state index is 12.5. The zero-order valence-electron chi connectivity index (χ0n) is 15.3. The van der Waals surface area contributed by atoms with Crippen LogP contribution in [0.25, 0.3) is 0 Å². The zero-order valence-corrected chi connectivity index (χ0v) is 15.3. The molecule has 1 N–H and O–H groups in total. The second-order valence-corrected chi connectivity index (χ2v) is 7.04. The molecule has 1 amide bonds. The summed E-state index contributed by atoms with van der Waals surface area (Å²) in [4.78, 5) is 18.4. The van der Waals surface area contributed by atoms with Crippen molar-refractivity contribution in [3.8, 4) is 11.5 Å². The quantitative estimate of drug-likeness (QED) is 0.880. The first kappa shape index (κ1) is 17.8. The summed E-state index contributed by atoms with van der Waals surface area (Å²) in [6.07, 6.45) is 6.27. The summed E-state index contributed by atoms with van der Waals surface area (Å²) in [5, 5.41) is 3.61. The van der Waals surface area contributed by atoms with Gasteiger partial charge in [-0.1, -0.05) is 12.1 Å². The zero-order chi connectivity index (χ0) is 18.5. The third kappa shape index (κ3) is 4.39. The molecule has 2 aliphatic rings. The van der Waals surface area contributed by atoms with Crippen molar-refractivity contribution >= 4 is 5.91 Å². The molecule has 0 bridgehead atoms. The number of likely N-dealkylation sites (tertiary alicyclic amines) is 1. The van der Waals surface area contributed by atoms with Gasteiger partial charge in [0, 0.05) is 43.5 Å². The van der Waals surface area contributed by atoms with E-state index >= 15 is 0 Å². The van der Waals surface area contributed by atoms with Crippen molar-refractivity contribution in [3.63, 3.8) is 0 Å². The number of fused-ring (bicyclic) bond motifs is 1. The van der Waals surface area contributed by atoms with Crippen LogP contribution in [0.15, 0.2) is 48.8 Å². The fourth-order valence-electron chi connectivity index (χ4n) is 3.62. The second-order valence-electron chi connectivity index (χ2n) is 7.04. The standard InChI is InChI=1S/C21H25N3O3/c25-21(16-5-10-22-11-6-16)24-13-8-17(9-14-24)23-12-7-18-15-26-19-3-1-2-4-20(19)27-18/h1-6,10-11,17-18,23H,7-9,12-15H2. The van der Waals surface area contributed by atoms with Crippen LogP contribution in [-0.4, -0.2) is 54.2 Å². The van der Waals surface area contributed by atoms with E-state index < -0.39 is 0 Å². The Bertz CT molecular complexity index is 760. The Balaban J connectivity index is 1.18. The summed E-state index contributed by atoms with van der Waals surface area (Å²) >= 11 is 0. The second kappa shape index (κ2) is 8.39. The number of hydrogen-bond acceptors (Lipinski definition) is 5. The Hall–Kier alpha value is -2.60. The number of benzene rings is 1. The Morgan fingerprint density at radius 1 is 1.11 bits per heavy atom. The molecule has 2 aliphatic heterocycles. The Morgan fingerprint density at radius 2 is 1.85 bits per heavy atom. The van der Waals surface area contributed by atoms with E-state index in [1.165, 1.54) is 0 Å². The number of rotatable bonds is 5. The lowest BCUT2D eigenvalue weighted by atomic mass is 10.0. The molecular weight excluding hydrogens is 342 g/mol. The molecule has 1 fully saturated rings. The molecule has 1 atom stereocenters. The molecule has 6 heteroatoms. The molecule has 1 aromatic carbocycles. The van der Waals surface area contributed by atoms with Gasteiger partial charge in [0.1, 0.15) is 12.7 Å². The Morgan fingerprint density at radius 3 is 2.63 bits per heavy atom. The number of aromatic nitrogens is 1. The van der Waals surface area contributed by atoms with Gasteiger partial charge in [-0.25, -0.2) is 0 Å². The van der Waals surface area contributed by atoms with Crippen LogP contribution in [0.3, 0.4) is 0 Å². The van der Waals surface area contributed by atoms with E-state index in [1.54, 1.807) is 24.5 Å². The van der Waals surface area contributed by atoms with Gasteiger partial charge in [0.05, 0.1) is 0 Å². The number of pyridine rings is 1. The van der Waals surface area contributed by atoms with Crippen LogP contribution in [0.5, 0.6) is 11.5 Å². The number of para-hydroxylation sites is 2. The van der Waals surface area contributed by atoms with Gasteiger partial charge in [-0.3, -0.25) is 9.78 Å². The fourth-order valence-corrected chi connectivity index (χ4v) is 3.62. The van der Waals surface area contributed by atoms with Gasteiger partial charge in [-0.2, -0.15) is 0 Å². The smallest absolute Gasteiger partial charge is 0.253 e. The molecular formula is C21H25N3O3. The molecule has 1 aromatic heterocycles. The topological polar surface area (TPSA) is 63.7 Å². The van der Waals surface area contributed by atoms with Gasteiger partial charge in [0.25, 0.3) is 5.91 Å². The molecule has 0 aliphatic carbocycles. The SMILES string of the molecule is O=C(c1ccncc1)N1CCC(NCCC2COc3ccccc3O2)CC1. The molecule has 0 spiro atoms. The number of amides is 1. The lowest BCUT2D eigenvalue weighted by molar-refractivity contribution is 0.0695. The van der Waals surface area contributed by atoms with Gasteiger partial charge in [0.15, 0.2) is 11.5 Å².